The lowest BCUT2D eigenvalue weighted by Crippen LogP contribution is -2.50. The number of ether oxygens (including phenoxy) is 1. The van der Waals surface area contributed by atoms with Crippen molar-refractivity contribution in [3.63, 3.8) is 0 Å². The Balaban J connectivity index is 2.26. The molecule has 0 atom stereocenters. The van der Waals surface area contributed by atoms with Crippen LogP contribution in [-0.2, 0) is 4.74 Å². The molecule has 1 aromatic carbocycles. The van der Waals surface area contributed by atoms with Gasteiger partial charge in [-0.2, -0.15) is 5.26 Å². The van der Waals surface area contributed by atoms with Crippen molar-refractivity contribution < 1.29 is 19.2 Å². The normalized spacial score (nSPS) is 16.1. The number of anilines is 1. The van der Waals surface area contributed by atoms with Crippen molar-refractivity contribution in [1.82, 2.24) is 0 Å². The molecule has 1 aliphatic rings. The van der Waals surface area contributed by atoms with E-state index in [-0.39, 0.29) is 24.4 Å². The van der Waals surface area contributed by atoms with Crippen LogP contribution in [0, 0.1) is 32.7 Å². The fraction of sp³-hybridized carbons (Fsp3) is 0.417. The van der Waals surface area contributed by atoms with Crippen molar-refractivity contribution >= 4 is 11.4 Å². The van der Waals surface area contributed by atoms with Crippen molar-refractivity contribution in [3.8, 4) is 6.07 Å². The topological polar surface area (TPSA) is 108 Å². The largest absolute Gasteiger partial charge is 0.396 e. The number of benzene rings is 1. The Morgan fingerprint density at radius 1 is 1.60 bits per heavy atom. The first kappa shape index (κ1) is 14.2. The first-order valence-electron chi connectivity index (χ1n) is 5.82. The molecule has 0 unspecified atom stereocenters. The molecule has 1 saturated heterocycles. The van der Waals surface area contributed by atoms with E-state index in [1.54, 1.807) is 6.07 Å². The molecule has 1 aromatic rings. The summed E-state index contributed by atoms with van der Waals surface area (Å²) in [6.07, 6.45) is 0. The number of hydrogen-bond donors (Lipinski definition) is 2. The molecule has 2 rings (SSSR count). The third-order valence-corrected chi connectivity index (χ3v) is 3.19. The van der Waals surface area contributed by atoms with Gasteiger partial charge in [-0.1, -0.05) is 0 Å². The second kappa shape index (κ2) is 5.40. The van der Waals surface area contributed by atoms with Crippen molar-refractivity contribution in [2.45, 2.75) is 0 Å². The summed E-state index contributed by atoms with van der Waals surface area (Å²) in [5, 5.41) is 31.5. The molecule has 1 heterocycles. The Labute approximate surface area is 113 Å². The molecule has 0 spiro atoms. The Kier molecular flexibility index (Phi) is 3.83. The zero-order chi connectivity index (χ0) is 14.8. The molecule has 0 aromatic heterocycles. The summed E-state index contributed by atoms with van der Waals surface area (Å²) in [4.78, 5) is 10.2. The zero-order valence-electron chi connectivity index (χ0n) is 10.4. The fourth-order valence-electron chi connectivity index (χ4n) is 1.89. The maximum Gasteiger partial charge on any atom is 0.296 e. The van der Waals surface area contributed by atoms with Crippen molar-refractivity contribution in [1.29, 1.82) is 5.26 Å². The van der Waals surface area contributed by atoms with Crippen LogP contribution < -0.4 is 5.32 Å². The minimum absolute atomic E-state index is 0.122. The predicted molar refractivity (Wildman–Crippen MR) is 66.6 cm³/mol. The van der Waals surface area contributed by atoms with Crippen LogP contribution in [0.1, 0.15) is 5.56 Å². The van der Waals surface area contributed by atoms with Crippen LogP contribution in [0.4, 0.5) is 15.8 Å². The van der Waals surface area contributed by atoms with Crippen molar-refractivity contribution in [2.75, 3.05) is 31.7 Å². The van der Waals surface area contributed by atoms with Gasteiger partial charge in [-0.15, -0.1) is 0 Å². The summed E-state index contributed by atoms with van der Waals surface area (Å²) in [6, 6.07) is 3.60. The molecular formula is C12H12FN3O4. The number of nitro groups is 1. The third kappa shape index (κ3) is 2.54. The molecule has 0 bridgehead atoms. The van der Waals surface area contributed by atoms with Crippen molar-refractivity contribution in [3.05, 3.63) is 33.6 Å². The van der Waals surface area contributed by atoms with Crippen LogP contribution in [0.5, 0.6) is 0 Å². The quantitative estimate of drug-likeness (QED) is 0.616. The van der Waals surface area contributed by atoms with E-state index in [4.69, 9.17) is 10.00 Å². The number of hydrogen-bond acceptors (Lipinski definition) is 6. The predicted octanol–water partition coefficient (Wildman–Crippen LogP) is 1.03. The number of rotatable bonds is 5. The number of aliphatic hydroxyl groups is 1. The summed E-state index contributed by atoms with van der Waals surface area (Å²) < 4.78 is 18.8. The minimum Gasteiger partial charge on any atom is -0.396 e. The van der Waals surface area contributed by atoms with Gasteiger partial charge in [0, 0.05) is 12.6 Å². The van der Waals surface area contributed by atoms with Gasteiger partial charge in [-0.05, 0) is 6.07 Å². The van der Waals surface area contributed by atoms with Gasteiger partial charge in [0.2, 0.25) is 0 Å². The van der Waals surface area contributed by atoms with Crippen molar-refractivity contribution in [2.24, 2.45) is 5.41 Å². The highest BCUT2D eigenvalue weighted by Crippen LogP contribution is 2.32. The second-order valence-electron chi connectivity index (χ2n) is 4.73. The minimum atomic E-state index is -0.871. The average molecular weight is 281 g/mol. The third-order valence-electron chi connectivity index (χ3n) is 3.19. The van der Waals surface area contributed by atoms with Gasteiger partial charge in [0.05, 0.1) is 41.8 Å². The highest BCUT2D eigenvalue weighted by molar-refractivity contribution is 5.65. The van der Waals surface area contributed by atoms with Gasteiger partial charge in [0.15, 0.2) is 5.82 Å². The van der Waals surface area contributed by atoms with Gasteiger partial charge in [-0.3, -0.25) is 10.1 Å². The van der Waals surface area contributed by atoms with E-state index >= 15 is 0 Å². The van der Waals surface area contributed by atoms with Gasteiger partial charge >= 0.3 is 0 Å². The lowest BCUT2D eigenvalue weighted by Gasteiger charge is -2.40. The van der Waals surface area contributed by atoms with E-state index in [0.717, 1.165) is 12.1 Å². The van der Waals surface area contributed by atoms with Crippen LogP contribution in [0.3, 0.4) is 0 Å². The van der Waals surface area contributed by atoms with Crippen LogP contribution in [-0.4, -0.2) is 36.4 Å². The van der Waals surface area contributed by atoms with Crippen LogP contribution >= 0.6 is 0 Å². The van der Waals surface area contributed by atoms with Gasteiger partial charge in [0.1, 0.15) is 5.69 Å². The number of aliphatic hydroxyl groups excluding tert-OH is 1. The molecule has 106 valence electrons. The molecule has 20 heavy (non-hydrogen) atoms. The SMILES string of the molecule is N#Cc1cc(F)c(NCC2(CO)COC2)c([N+](=O)[O-])c1. The molecular weight excluding hydrogens is 269 g/mol. The monoisotopic (exact) mass is 281 g/mol. The summed E-state index contributed by atoms with van der Waals surface area (Å²) >= 11 is 0. The summed E-state index contributed by atoms with van der Waals surface area (Å²) in [5.74, 6) is -0.871. The molecule has 7 nitrogen and oxygen atoms in total. The Morgan fingerprint density at radius 2 is 2.30 bits per heavy atom. The Bertz CT molecular complexity index is 575. The molecule has 1 fully saturated rings. The molecule has 2 N–H and O–H groups in total. The number of nitrogens with one attached hydrogen (secondary N) is 1. The maximum atomic E-state index is 13.8. The van der Waals surface area contributed by atoms with E-state index in [2.05, 4.69) is 5.32 Å². The lowest BCUT2D eigenvalue weighted by atomic mass is 9.87. The molecule has 0 aliphatic carbocycles. The van der Waals surface area contributed by atoms with E-state index in [1.165, 1.54) is 0 Å². The first-order chi connectivity index (χ1) is 9.51. The smallest absolute Gasteiger partial charge is 0.296 e. The van der Waals surface area contributed by atoms with Gasteiger partial charge < -0.3 is 15.2 Å². The highest BCUT2D eigenvalue weighted by Gasteiger charge is 2.38. The van der Waals surface area contributed by atoms with E-state index in [1.807, 2.05) is 0 Å². The van der Waals surface area contributed by atoms with Crippen LogP contribution in [0.15, 0.2) is 12.1 Å². The van der Waals surface area contributed by atoms with Crippen LogP contribution in [0.25, 0.3) is 0 Å². The standard InChI is InChI=1S/C12H12FN3O4/c13-9-1-8(3-14)2-10(16(18)19)11(9)15-4-12(5-17)6-20-7-12/h1-2,15,17H,4-7H2. The van der Waals surface area contributed by atoms with E-state index in [0.29, 0.717) is 13.2 Å². The van der Waals surface area contributed by atoms with E-state index < -0.39 is 21.8 Å². The fourth-order valence-corrected chi connectivity index (χ4v) is 1.89. The molecule has 0 saturated carbocycles. The molecule has 0 amide bonds. The second-order valence-corrected chi connectivity index (χ2v) is 4.73. The zero-order valence-corrected chi connectivity index (χ0v) is 10.4. The van der Waals surface area contributed by atoms with Gasteiger partial charge in [0.25, 0.3) is 5.69 Å². The first-order valence-corrected chi connectivity index (χ1v) is 5.82. The summed E-state index contributed by atoms with van der Waals surface area (Å²) in [5.41, 5.74) is -1.46. The molecule has 8 heteroatoms. The summed E-state index contributed by atoms with van der Waals surface area (Å²) in [7, 11) is 0. The number of halogens is 1. The maximum absolute atomic E-state index is 13.8. The average Bonchev–Trinajstić information content (AvgIpc) is 2.38. The van der Waals surface area contributed by atoms with Gasteiger partial charge in [-0.25, -0.2) is 4.39 Å². The number of nitrogens with zero attached hydrogens (tertiary/aromatic N) is 2. The highest BCUT2D eigenvalue weighted by atomic mass is 19.1. The molecule has 1 aliphatic heterocycles. The Morgan fingerprint density at radius 3 is 2.75 bits per heavy atom. The molecule has 0 radical (unpaired) electrons. The summed E-state index contributed by atoms with van der Waals surface area (Å²) in [6.45, 7) is 0.600. The Hall–Kier alpha value is -2.24. The lowest BCUT2D eigenvalue weighted by molar-refractivity contribution is -0.384. The van der Waals surface area contributed by atoms with E-state index in [9.17, 15) is 19.6 Å². The number of nitriles is 1. The van der Waals surface area contributed by atoms with Crippen LogP contribution in [0.2, 0.25) is 0 Å². The number of nitro benzene ring substituents is 1.